The van der Waals surface area contributed by atoms with Crippen LogP contribution in [0.1, 0.15) is 17.0 Å². The Hall–Kier alpha value is -1.89. The first-order valence-corrected chi connectivity index (χ1v) is 7.26. The number of sulfonamides is 1. The zero-order valence-corrected chi connectivity index (χ0v) is 12.1. The van der Waals surface area contributed by atoms with Crippen LogP contribution in [0, 0.1) is 20.8 Å². The van der Waals surface area contributed by atoms with Gasteiger partial charge in [0.1, 0.15) is 10.7 Å². The van der Waals surface area contributed by atoms with Crippen LogP contribution in [0.3, 0.4) is 0 Å². The van der Waals surface area contributed by atoms with Gasteiger partial charge in [-0.1, -0.05) is 6.07 Å². The van der Waals surface area contributed by atoms with Crippen molar-refractivity contribution in [1.82, 2.24) is 14.8 Å². The van der Waals surface area contributed by atoms with Crippen molar-refractivity contribution < 1.29 is 8.42 Å². The van der Waals surface area contributed by atoms with E-state index in [-0.39, 0.29) is 4.90 Å². The number of nitrogens with one attached hydrogen (secondary N) is 1. The lowest BCUT2D eigenvalue weighted by Crippen LogP contribution is -2.16. The van der Waals surface area contributed by atoms with Gasteiger partial charge in [-0.3, -0.25) is 9.40 Å². The summed E-state index contributed by atoms with van der Waals surface area (Å²) >= 11 is 0. The fraction of sp³-hybridized carbons (Fsp3) is 0.333. The van der Waals surface area contributed by atoms with Gasteiger partial charge in [0.15, 0.2) is 0 Å². The van der Waals surface area contributed by atoms with Gasteiger partial charge in [-0.2, -0.15) is 5.10 Å². The standard InChI is InChI=1S/C12H16N4O2S/c1-8-6-5-7-13-12(8)15-19(17,18)11-9(2)14-16(4)10(11)3/h5-7H,1-4H3,(H,13,15). The van der Waals surface area contributed by atoms with E-state index in [4.69, 9.17) is 0 Å². The Morgan fingerprint density at radius 2 is 1.95 bits per heavy atom. The zero-order chi connectivity index (χ0) is 14.2. The molecular formula is C12H16N4O2S. The minimum Gasteiger partial charge on any atom is -0.271 e. The molecule has 0 saturated carbocycles. The van der Waals surface area contributed by atoms with E-state index in [0.717, 1.165) is 5.56 Å². The maximum Gasteiger partial charge on any atom is 0.266 e. The smallest absolute Gasteiger partial charge is 0.266 e. The number of hydrogen-bond acceptors (Lipinski definition) is 4. The molecule has 0 spiro atoms. The van der Waals surface area contributed by atoms with Crippen molar-refractivity contribution in [3.8, 4) is 0 Å². The van der Waals surface area contributed by atoms with E-state index in [1.807, 2.05) is 0 Å². The van der Waals surface area contributed by atoms with Crippen LogP contribution in [0.4, 0.5) is 5.82 Å². The van der Waals surface area contributed by atoms with Gasteiger partial charge in [0.2, 0.25) is 0 Å². The molecule has 0 aliphatic heterocycles. The monoisotopic (exact) mass is 280 g/mol. The molecule has 0 fully saturated rings. The molecule has 2 rings (SSSR count). The van der Waals surface area contributed by atoms with Crippen molar-refractivity contribution in [3.63, 3.8) is 0 Å². The number of rotatable bonds is 3. The Bertz CT molecular complexity index is 719. The first kappa shape index (κ1) is 13.5. The molecule has 0 radical (unpaired) electrons. The SMILES string of the molecule is Cc1cccnc1NS(=O)(=O)c1c(C)nn(C)c1C. The number of pyridine rings is 1. The third-order valence-corrected chi connectivity index (χ3v) is 4.54. The fourth-order valence-corrected chi connectivity index (χ4v) is 3.43. The summed E-state index contributed by atoms with van der Waals surface area (Å²) in [7, 11) is -1.96. The number of aryl methyl sites for hydroxylation is 3. The highest BCUT2D eigenvalue weighted by Crippen LogP contribution is 2.22. The number of nitrogens with zero attached hydrogens (tertiary/aromatic N) is 3. The third kappa shape index (κ3) is 2.46. The highest BCUT2D eigenvalue weighted by Gasteiger charge is 2.24. The number of anilines is 1. The minimum absolute atomic E-state index is 0.208. The summed E-state index contributed by atoms with van der Waals surface area (Å²) in [5.41, 5.74) is 1.84. The van der Waals surface area contributed by atoms with E-state index in [1.165, 1.54) is 0 Å². The molecule has 2 heterocycles. The third-order valence-electron chi connectivity index (χ3n) is 2.95. The highest BCUT2D eigenvalue weighted by atomic mass is 32.2. The van der Waals surface area contributed by atoms with Crippen LogP contribution < -0.4 is 4.72 Å². The Balaban J connectivity index is 2.47. The van der Waals surface area contributed by atoms with Crippen LogP contribution in [0.15, 0.2) is 23.2 Å². The first-order chi connectivity index (χ1) is 8.83. The molecular weight excluding hydrogens is 264 g/mol. The minimum atomic E-state index is -3.67. The Labute approximate surface area is 112 Å². The largest absolute Gasteiger partial charge is 0.271 e. The summed E-state index contributed by atoms with van der Waals surface area (Å²) in [6.07, 6.45) is 1.55. The van der Waals surface area contributed by atoms with Crippen LogP contribution in [-0.2, 0) is 17.1 Å². The van der Waals surface area contributed by atoms with Crippen LogP contribution in [-0.4, -0.2) is 23.2 Å². The van der Waals surface area contributed by atoms with E-state index < -0.39 is 10.0 Å². The molecule has 2 aromatic heterocycles. The van der Waals surface area contributed by atoms with E-state index in [9.17, 15) is 8.42 Å². The van der Waals surface area contributed by atoms with Gasteiger partial charge in [0.05, 0.1) is 11.4 Å². The van der Waals surface area contributed by atoms with E-state index in [1.54, 1.807) is 50.8 Å². The van der Waals surface area contributed by atoms with Gasteiger partial charge in [-0.15, -0.1) is 0 Å². The second-order valence-corrected chi connectivity index (χ2v) is 6.02. The normalized spacial score (nSPS) is 11.6. The zero-order valence-electron chi connectivity index (χ0n) is 11.3. The summed E-state index contributed by atoms with van der Waals surface area (Å²) < 4.78 is 28.9. The molecule has 6 nitrogen and oxygen atoms in total. The quantitative estimate of drug-likeness (QED) is 0.925. The topological polar surface area (TPSA) is 76.9 Å². The maximum absolute atomic E-state index is 12.4. The van der Waals surface area contributed by atoms with Gasteiger partial charge >= 0.3 is 0 Å². The van der Waals surface area contributed by atoms with Gasteiger partial charge in [0, 0.05) is 13.2 Å². The van der Waals surface area contributed by atoms with Crippen molar-refractivity contribution in [2.45, 2.75) is 25.7 Å². The number of aromatic nitrogens is 3. The maximum atomic E-state index is 12.4. The molecule has 0 unspecified atom stereocenters. The van der Waals surface area contributed by atoms with E-state index >= 15 is 0 Å². The Morgan fingerprint density at radius 3 is 2.47 bits per heavy atom. The summed E-state index contributed by atoms with van der Waals surface area (Å²) in [6, 6.07) is 3.56. The Morgan fingerprint density at radius 1 is 1.26 bits per heavy atom. The molecule has 102 valence electrons. The molecule has 0 aliphatic carbocycles. The molecule has 19 heavy (non-hydrogen) atoms. The van der Waals surface area contributed by atoms with Crippen molar-refractivity contribution >= 4 is 15.8 Å². The summed E-state index contributed by atoms with van der Waals surface area (Å²) in [5, 5.41) is 4.12. The van der Waals surface area contributed by atoms with Crippen molar-refractivity contribution in [3.05, 3.63) is 35.3 Å². The average Bonchev–Trinajstić information content (AvgIpc) is 2.56. The fourth-order valence-electron chi connectivity index (χ4n) is 1.91. The van der Waals surface area contributed by atoms with Crippen molar-refractivity contribution in [2.75, 3.05) is 4.72 Å². The molecule has 0 amide bonds. The lowest BCUT2D eigenvalue weighted by atomic mass is 10.3. The van der Waals surface area contributed by atoms with Crippen LogP contribution in [0.5, 0.6) is 0 Å². The lowest BCUT2D eigenvalue weighted by molar-refractivity contribution is 0.599. The summed E-state index contributed by atoms with van der Waals surface area (Å²) in [6.45, 7) is 5.19. The predicted molar refractivity (Wildman–Crippen MR) is 72.5 cm³/mol. The summed E-state index contributed by atoms with van der Waals surface area (Å²) in [4.78, 5) is 4.25. The van der Waals surface area contributed by atoms with E-state index in [2.05, 4.69) is 14.8 Å². The number of hydrogen-bond donors (Lipinski definition) is 1. The van der Waals surface area contributed by atoms with Crippen LogP contribution in [0.25, 0.3) is 0 Å². The second kappa shape index (κ2) is 4.65. The first-order valence-electron chi connectivity index (χ1n) is 5.77. The molecule has 2 aromatic rings. The van der Waals surface area contributed by atoms with Gasteiger partial charge < -0.3 is 0 Å². The van der Waals surface area contributed by atoms with Crippen LogP contribution in [0.2, 0.25) is 0 Å². The highest BCUT2D eigenvalue weighted by molar-refractivity contribution is 7.92. The van der Waals surface area contributed by atoms with E-state index in [0.29, 0.717) is 17.2 Å². The molecule has 7 heteroatoms. The Kier molecular flexibility index (Phi) is 3.32. The second-order valence-electron chi connectivity index (χ2n) is 4.40. The van der Waals surface area contributed by atoms with Gasteiger partial charge in [-0.25, -0.2) is 13.4 Å². The van der Waals surface area contributed by atoms with Crippen molar-refractivity contribution in [2.24, 2.45) is 7.05 Å². The molecule has 0 aliphatic rings. The molecule has 0 atom stereocenters. The van der Waals surface area contributed by atoms with Crippen LogP contribution >= 0.6 is 0 Å². The molecule has 0 bridgehead atoms. The lowest BCUT2D eigenvalue weighted by Gasteiger charge is -2.09. The molecule has 0 saturated heterocycles. The summed E-state index contributed by atoms with van der Waals surface area (Å²) in [5.74, 6) is 0.338. The van der Waals surface area contributed by atoms with Gasteiger partial charge in [0.25, 0.3) is 10.0 Å². The average molecular weight is 280 g/mol. The van der Waals surface area contributed by atoms with Gasteiger partial charge in [-0.05, 0) is 32.4 Å². The predicted octanol–water partition coefficient (Wildman–Crippen LogP) is 1.54. The van der Waals surface area contributed by atoms with Crippen molar-refractivity contribution in [1.29, 1.82) is 0 Å². The molecule has 1 N–H and O–H groups in total. The molecule has 0 aromatic carbocycles.